The number of carbonyl (C=O) groups excluding carboxylic acids is 2. The molecule has 0 saturated carbocycles. The zero-order valence-corrected chi connectivity index (χ0v) is 19.1. The van der Waals surface area contributed by atoms with Crippen LogP contribution in [0.5, 0.6) is 0 Å². The lowest BCUT2D eigenvalue weighted by Gasteiger charge is -2.36. The fourth-order valence-electron chi connectivity index (χ4n) is 4.43. The average Bonchev–Trinajstić information content (AvgIpc) is 3.02. The lowest BCUT2D eigenvalue weighted by Crippen LogP contribution is -2.48. The zero-order valence-electron chi connectivity index (χ0n) is 19.1. The summed E-state index contributed by atoms with van der Waals surface area (Å²) in [7, 11) is 0. The van der Waals surface area contributed by atoms with Crippen molar-refractivity contribution in [1.82, 2.24) is 14.7 Å². The lowest BCUT2D eigenvalue weighted by atomic mass is 10.0. The zero-order chi connectivity index (χ0) is 22.2. The molecule has 1 N–H and O–H groups in total. The minimum Gasteiger partial charge on any atom is -0.395 e. The second kappa shape index (κ2) is 11.4. The first-order valence-electron chi connectivity index (χ1n) is 11.8. The van der Waals surface area contributed by atoms with E-state index in [2.05, 4.69) is 16.7 Å². The third-order valence-electron chi connectivity index (χ3n) is 6.32. The number of rotatable bonds is 11. The molecule has 6 heteroatoms. The predicted molar refractivity (Wildman–Crippen MR) is 123 cm³/mol. The molecule has 0 atom stereocenters. The molecule has 0 bridgehead atoms. The van der Waals surface area contributed by atoms with Crippen LogP contribution in [0, 0.1) is 6.92 Å². The van der Waals surface area contributed by atoms with E-state index in [-0.39, 0.29) is 18.4 Å². The number of aliphatic hydroxyl groups excluding tert-OH is 1. The van der Waals surface area contributed by atoms with Crippen LogP contribution in [0.3, 0.4) is 0 Å². The molecule has 0 radical (unpaired) electrons. The summed E-state index contributed by atoms with van der Waals surface area (Å²) in [5.74, 6) is -0.306. The normalized spacial score (nSPS) is 17.9. The Kier molecular flexibility index (Phi) is 8.67. The van der Waals surface area contributed by atoms with Crippen LogP contribution < -0.4 is 0 Å². The van der Waals surface area contributed by atoms with Gasteiger partial charge in [0.25, 0.3) is 11.8 Å². The maximum Gasteiger partial charge on any atom is 0.277 e. The van der Waals surface area contributed by atoms with Crippen LogP contribution in [0.2, 0.25) is 0 Å². The van der Waals surface area contributed by atoms with E-state index in [1.54, 1.807) is 0 Å². The number of amides is 2. The first kappa shape index (κ1) is 23.5. The van der Waals surface area contributed by atoms with Gasteiger partial charge in [0, 0.05) is 39.3 Å². The van der Waals surface area contributed by atoms with E-state index in [1.807, 2.05) is 31.2 Å². The minimum absolute atomic E-state index is 0.140. The quantitative estimate of drug-likeness (QED) is 0.434. The van der Waals surface area contributed by atoms with E-state index < -0.39 is 0 Å². The first-order chi connectivity index (χ1) is 15.1. The SMILES string of the molecule is CCCCCCCCN1C(=O)C(c2ccc(C)cc2)=C(N2CCN(CCO)CC2)C1=O. The molecule has 1 saturated heterocycles. The van der Waals surface area contributed by atoms with Crippen LogP contribution in [0.15, 0.2) is 30.0 Å². The van der Waals surface area contributed by atoms with E-state index in [0.29, 0.717) is 37.4 Å². The number of β-amino-alcohol motifs (C(OH)–C–C–N with tert-alkyl or cyclic N) is 1. The minimum atomic E-state index is -0.157. The van der Waals surface area contributed by atoms with Gasteiger partial charge in [0.1, 0.15) is 5.70 Å². The molecular formula is C25H37N3O3. The molecule has 170 valence electrons. The Morgan fingerprint density at radius 2 is 1.48 bits per heavy atom. The van der Waals surface area contributed by atoms with Gasteiger partial charge in [-0.2, -0.15) is 0 Å². The van der Waals surface area contributed by atoms with Gasteiger partial charge in [-0.15, -0.1) is 0 Å². The van der Waals surface area contributed by atoms with Crippen molar-refractivity contribution in [3.8, 4) is 0 Å². The summed E-state index contributed by atoms with van der Waals surface area (Å²) in [6, 6.07) is 7.89. The monoisotopic (exact) mass is 427 g/mol. The van der Waals surface area contributed by atoms with Crippen molar-refractivity contribution in [2.75, 3.05) is 45.9 Å². The van der Waals surface area contributed by atoms with Crippen LogP contribution in [-0.4, -0.2) is 77.5 Å². The van der Waals surface area contributed by atoms with E-state index in [1.165, 1.54) is 24.2 Å². The van der Waals surface area contributed by atoms with Crippen LogP contribution in [0.1, 0.15) is 56.6 Å². The Morgan fingerprint density at radius 3 is 2.13 bits per heavy atom. The number of benzene rings is 1. The summed E-state index contributed by atoms with van der Waals surface area (Å²) in [5.41, 5.74) is 3.06. The molecule has 31 heavy (non-hydrogen) atoms. The van der Waals surface area contributed by atoms with Crippen LogP contribution in [0.25, 0.3) is 5.57 Å². The average molecular weight is 428 g/mol. The molecule has 0 unspecified atom stereocenters. The highest BCUT2D eigenvalue weighted by molar-refractivity contribution is 6.35. The summed E-state index contributed by atoms with van der Waals surface area (Å²) in [5, 5.41) is 9.20. The second-order valence-electron chi connectivity index (χ2n) is 8.67. The van der Waals surface area contributed by atoms with E-state index >= 15 is 0 Å². The van der Waals surface area contributed by atoms with Crippen molar-refractivity contribution in [1.29, 1.82) is 0 Å². The van der Waals surface area contributed by atoms with Crippen molar-refractivity contribution >= 4 is 17.4 Å². The van der Waals surface area contributed by atoms with Crippen molar-refractivity contribution < 1.29 is 14.7 Å². The smallest absolute Gasteiger partial charge is 0.277 e. The number of hydrogen-bond acceptors (Lipinski definition) is 5. The number of nitrogens with zero attached hydrogens (tertiary/aromatic N) is 3. The maximum absolute atomic E-state index is 13.4. The van der Waals surface area contributed by atoms with E-state index in [4.69, 9.17) is 0 Å². The number of aliphatic hydroxyl groups is 1. The van der Waals surface area contributed by atoms with Gasteiger partial charge in [0.05, 0.1) is 12.2 Å². The number of hydrogen-bond donors (Lipinski definition) is 1. The van der Waals surface area contributed by atoms with Crippen molar-refractivity contribution in [3.05, 3.63) is 41.1 Å². The largest absolute Gasteiger partial charge is 0.395 e. The molecule has 0 spiro atoms. The van der Waals surface area contributed by atoms with Gasteiger partial charge in [0.15, 0.2) is 0 Å². The number of unbranched alkanes of at least 4 members (excludes halogenated alkanes) is 5. The third-order valence-corrected chi connectivity index (χ3v) is 6.32. The summed E-state index contributed by atoms with van der Waals surface area (Å²) in [6.45, 7) is 8.44. The lowest BCUT2D eigenvalue weighted by molar-refractivity contribution is -0.137. The highest BCUT2D eigenvalue weighted by Gasteiger charge is 2.41. The fraction of sp³-hybridized carbons (Fsp3) is 0.600. The molecular weight excluding hydrogens is 390 g/mol. The maximum atomic E-state index is 13.4. The third kappa shape index (κ3) is 5.74. The highest BCUT2D eigenvalue weighted by atomic mass is 16.3. The van der Waals surface area contributed by atoms with E-state index in [9.17, 15) is 14.7 Å². The predicted octanol–water partition coefficient (Wildman–Crippen LogP) is 3.05. The van der Waals surface area contributed by atoms with Crippen molar-refractivity contribution in [2.24, 2.45) is 0 Å². The molecule has 3 rings (SSSR count). The molecule has 0 aromatic heterocycles. The van der Waals surface area contributed by atoms with Crippen molar-refractivity contribution in [3.63, 3.8) is 0 Å². The van der Waals surface area contributed by atoms with Gasteiger partial charge in [-0.3, -0.25) is 19.4 Å². The van der Waals surface area contributed by atoms with Gasteiger partial charge in [-0.05, 0) is 18.9 Å². The molecule has 1 aromatic rings. The first-order valence-corrected chi connectivity index (χ1v) is 11.8. The fourth-order valence-corrected chi connectivity index (χ4v) is 4.43. The molecule has 2 heterocycles. The molecule has 0 aliphatic carbocycles. The van der Waals surface area contributed by atoms with Gasteiger partial charge in [-0.25, -0.2) is 0 Å². The van der Waals surface area contributed by atoms with Gasteiger partial charge in [-0.1, -0.05) is 68.9 Å². The number of aryl methyl sites for hydroxylation is 1. The Balaban J connectivity index is 1.76. The standard InChI is InChI=1S/C25H37N3O3/c1-3-4-5-6-7-8-13-28-24(30)22(21-11-9-20(2)10-12-21)23(25(28)31)27-16-14-26(15-17-27)18-19-29/h9-12,29H,3-8,13-19H2,1-2H3. The van der Waals surface area contributed by atoms with Crippen molar-refractivity contribution in [2.45, 2.75) is 52.4 Å². The van der Waals surface area contributed by atoms with Crippen LogP contribution in [0.4, 0.5) is 0 Å². The Bertz CT molecular complexity index is 780. The molecule has 2 aliphatic heterocycles. The van der Waals surface area contributed by atoms with Gasteiger partial charge >= 0.3 is 0 Å². The molecule has 6 nitrogen and oxygen atoms in total. The number of piperazine rings is 1. The number of imide groups is 1. The molecule has 1 aromatic carbocycles. The van der Waals surface area contributed by atoms with Crippen LogP contribution in [-0.2, 0) is 9.59 Å². The van der Waals surface area contributed by atoms with Gasteiger partial charge in [0.2, 0.25) is 0 Å². The summed E-state index contributed by atoms with van der Waals surface area (Å²) in [6.07, 6.45) is 6.73. The number of carbonyl (C=O) groups is 2. The summed E-state index contributed by atoms with van der Waals surface area (Å²) in [4.78, 5) is 32.5. The molecule has 1 fully saturated rings. The van der Waals surface area contributed by atoms with Gasteiger partial charge < -0.3 is 10.0 Å². The summed E-state index contributed by atoms with van der Waals surface area (Å²) >= 11 is 0. The highest BCUT2D eigenvalue weighted by Crippen LogP contribution is 2.32. The topological polar surface area (TPSA) is 64.1 Å². The summed E-state index contributed by atoms with van der Waals surface area (Å²) < 4.78 is 0. The Hall–Kier alpha value is -2.18. The molecule has 2 amide bonds. The Labute approximate surface area is 186 Å². The Morgan fingerprint density at radius 1 is 0.839 bits per heavy atom. The second-order valence-corrected chi connectivity index (χ2v) is 8.67. The molecule has 2 aliphatic rings. The van der Waals surface area contributed by atoms with E-state index in [0.717, 1.165) is 43.5 Å². The van der Waals surface area contributed by atoms with Crippen LogP contribution >= 0.6 is 0 Å².